The zero-order valence-electron chi connectivity index (χ0n) is 16.6. The van der Waals surface area contributed by atoms with E-state index in [9.17, 15) is 9.59 Å². The van der Waals surface area contributed by atoms with E-state index in [0.29, 0.717) is 17.8 Å². The molecule has 6 atom stereocenters. The Kier molecular flexibility index (Phi) is 4.20. The molecule has 0 aliphatic heterocycles. The van der Waals surface area contributed by atoms with Crippen LogP contribution in [0.1, 0.15) is 66.2 Å². The Balaban J connectivity index is 1.58. The van der Waals surface area contributed by atoms with Crippen molar-refractivity contribution >= 4 is 11.8 Å². The highest BCUT2D eigenvalue weighted by molar-refractivity contribution is 6.01. The molecule has 0 spiro atoms. The van der Waals surface area contributed by atoms with Crippen LogP contribution in [0.5, 0.6) is 0 Å². The number of esters is 1. The van der Waals surface area contributed by atoms with Crippen molar-refractivity contribution in [1.29, 1.82) is 0 Å². The first-order valence-corrected chi connectivity index (χ1v) is 10.4. The summed E-state index contributed by atoms with van der Waals surface area (Å²) in [6, 6.07) is 0. The summed E-state index contributed by atoms with van der Waals surface area (Å²) in [5.41, 5.74) is 1.51. The molecule has 4 aliphatic rings. The lowest BCUT2D eigenvalue weighted by Crippen LogP contribution is -2.51. The van der Waals surface area contributed by atoms with E-state index in [1.54, 1.807) is 6.08 Å². The average Bonchev–Trinajstić information content (AvgIpc) is 2.92. The summed E-state index contributed by atoms with van der Waals surface area (Å²) in [5.74, 6) is 1.98. The van der Waals surface area contributed by atoms with Gasteiger partial charge >= 0.3 is 5.97 Å². The lowest BCUT2D eigenvalue weighted by molar-refractivity contribution is -0.163. The first-order chi connectivity index (χ1) is 12.3. The molecule has 0 aromatic rings. The minimum atomic E-state index is -0.0554. The fraction of sp³-hybridized carbons (Fsp3) is 0.739. The fourth-order valence-electron chi connectivity index (χ4n) is 6.62. The van der Waals surface area contributed by atoms with E-state index >= 15 is 0 Å². The molecular weight excluding hydrogens is 324 g/mol. The van der Waals surface area contributed by atoms with E-state index in [2.05, 4.69) is 19.9 Å². The quantitative estimate of drug-likeness (QED) is 0.664. The second kappa shape index (κ2) is 6.07. The van der Waals surface area contributed by atoms with Crippen LogP contribution < -0.4 is 0 Å². The lowest BCUT2D eigenvalue weighted by Gasteiger charge is -2.56. The zero-order valence-corrected chi connectivity index (χ0v) is 16.6. The number of hydrogen-bond donors (Lipinski definition) is 0. The van der Waals surface area contributed by atoms with Crippen LogP contribution in [-0.2, 0) is 14.3 Å². The molecule has 0 aromatic carbocycles. The van der Waals surface area contributed by atoms with Crippen LogP contribution in [0.3, 0.4) is 0 Å². The van der Waals surface area contributed by atoms with Crippen molar-refractivity contribution in [2.45, 2.75) is 72.3 Å². The topological polar surface area (TPSA) is 43.4 Å². The number of rotatable bonds is 2. The Bertz CT molecular complexity index is 688. The summed E-state index contributed by atoms with van der Waals surface area (Å²) in [6.45, 7) is 8.54. The van der Waals surface area contributed by atoms with Crippen molar-refractivity contribution in [2.75, 3.05) is 0 Å². The van der Waals surface area contributed by atoms with E-state index in [0.717, 1.165) is 19.3 Å². The molecule has 142 valence electrons. The summed E-state index contributed by atoms with van der Waals surface area (Å²) in [7, 11) is 0. The van der Waals surface area contributed by atoms with Crippen molar-refractivity contribution < 1.29 is 14.3 Å². The van der Waals surface area contributed by atoms with Crippen LogP contribution in [-0.4, -0.2) is 17.9 Å². The van der Waals surface area contributed by atoms with E-state index < -0.39 is 0 Å². The minimum absolute atomic E-state index is 0.0465. The monoisotopic (exact) mass is 356 g/mol. The van der Waals surface area contributed by atoms with Crippen molar-refractivity contribution in [3.63, 3.8) is 0 Å². The maximum Gasteiger partial charge on any atom is 0.308 e. The maximum atomic E-state index is 12.2. The molecule has 0 unspecified atom stereocenters. The van der Waals surface area contributed by atoms with Crippen molar-refractivity contribution in [1.82, 2.24) is 0 Å². The Morgan fingerprint density at radius 2 is 1.92 bits per heavy atom. The minimum Gasteiger partial charge on any atom is -0.462 e. The summed E-state index contributed by atoms with van der Waals surface area (Å²) in [5, 5.41) is 0. The third-order valence-corrected chi connectivity index (χ3v) is 8.20. The molecule has 3 fully saturated rings. The van der Waals surface area contributed by atoms with E-state index in [1.807, 2.05) is 19.9 Å². The van der Waals surface area contributed by atoms with Crippen LogP contribution in [0.4, 0.5) is 0 Å². The van der Waals surface area contributed by atoms with Gasteiger partial charge in [-0.05, 0) is 68.4 Å². The first-order valence-electron chi connectivity index (χ1n) is 10.4. The number of hydrogen-bond acceptors (Lipinski definition) is 3. The normalized spacial score (nSPS) is 44.2. The number of ether oxygens (including phenoxy) is 1. The summed E-state index contributed by atoms with van der Waals surface area (Å²) < 4.78 is 5.96. The molecular formula is C23H32O3. The highest BCUT2D eigenvalue weighted by Crippen LogP contribution is 2.64. The van der Waals surface area contributed by atoms with Gasteiger partial charge in [0.15, 0.2) is 5.78 Å². The molecule has 0 aromatic heterocycles. The molecule has 4 rings (SSSR count). The van der Waals surface area contributed by atoms with Crippen LogP contribution in [0.25, 0.3) is 0 Å². The summed E-state index contributed by atoms with van der Waals surface area (Å²) in [4.78, 5) is 24.0. The SMILES string of the molecule is CC(C)C(=O)O[C@@H]1CC[C@H]2[C@@H]3CCC4=CC(=O)C=C[C@]4(C)[C@H]3CC[C@]12C. The highest BCUT2D eigenvalue weighted by atomic mass is 16.5. The lowest BCUT2D eigenvalue weighted by atomic mass is 9.48. The van der Waals surface area contributed by atoms with E-state index in [1.165, 1.54) is 24.8 Å². The molecule has 0 heterocycles. The number of fused-ring (bicyclic) bond motifs is 5. The number of ketones is 1. The predicted octanol–water partition coefficient (Wildman–Crippen LogP) is 4.86. The van der Waals surface area contributed by atoms with Gasteiger partial charge in [-0.2, -0.15) is 0 Å². The fourth-order valence-corrected chi connectivity index (χ4v) is 6.62. The smallest absolute Gasteiger partial charge is 0.308 e. The Morgan fingerprint density at radius 1 is 1.15 bits per heavy atom. The number of carbonyl (C=O) groups is 2. The third-order valence-electron chi connectivity index (χ3n) is 8.20. The highest BCUT2D eigenvalue weighted by Gasteiger charge is 2.59. The van der Waals surface area contributed by atoms with Gasteiger partial charge in [-0.3, -0.25) is 9.59 Å². The standard InChI is InChI=1S/C23H32O3/c1-14(2)21(25)26-20-8-7-18-17-6-5-15-13-16(24)9-11-22(15,3)19(17)10-12-23(18,20)4/h9,11,13-14,17-20H,5-8,10,12H2,1-4H3/t17-,18-,19-,20+,22-,23-/m0/s1. The molecule has 0 radical (unpaired) electrons. The van der Waals surface area contributed by atoms with Gasteiger partial charge in [0.1, 0.15) is 6.10 Å². The molecule has 0 bridgehead atoms. The molecule has 0 saturated heterocycles. The summed E-state index contributed by atoms with van der Waals surface area (Å²) in [6.07, 6.45) is 12.6. The second-order valence-electron chi connectivity index (χ2n) is 9.81. The maximum absolute atomic E-state index is 12.2. The Morgan fingerprint density at radius 3 is 2.65 bits per heavy atom. The number of allylic oxidation sites excluding steroid dienone is 4. The van der Waals surface area contributed by atoms with Crippen LogP contribution in [0.2, 0.25) is 0 Å². The third kappa shape index (κ3) is 2.53. The van der Waals surface area contributed by atoms with Crippen LogP contribution >= 0.6 is 0 Å². The Hall–Kier alpha value is -1.38. The summed E-state index contributed by atoms with van der Waals surface area (Å²) >= 11 is 0. The molecule has 3 heteroatoms. The van der Waals surface area contributed by atoms with Crippen molar-refractivity contribution in [2.24, 2.45) is 34.5 Å². The zero-order chi connectivity index (χ0) is 18.7. The molecule has 3 saturated carbocycles. The molecule has 26 heavy (non-hydrogen) atoms. The molecule has 4 aliphatic carbocycles. The molecule has 0 N–H and O–H groups in total. The first kappa shape index (κ1) is 18.0. The second-order valence-corrected chi connectivity index (χ2v) is 9.81. The van der Waals surface area contributed by atoms with Gasteiger partial charge in [-0.25, -0.2) is 0 Å². The van der Waals surface area contributed by atoms with E-state index in [-0.39, 0.29) is 34.6 Å². The van der Waals surface area contributed by atoms with Gasteiger partial charge in [-0.1, -0.05) is 39.3 Å². The van der Waals surface area contributed by atoms with Gasteiger partial charge in [-0.15, -0.1) is 0 Å². The van der Waals surface area contributed by atoms with Crippen LogP contribution in [0.15, 0.2) is 23.8 Å². The van der Waals surface area contributed by atoms with Gasteiger partial charge < -0.3 is 4.74 Å². The Labute approximate surface area is 157 Å². The predicted molar refractivity (Wildman–Crippen MR) is 101 cm³/mol. The van der Waals surface area contributed by atoms with Gasteiger partial charge in [0.25, 0.3) is 0 Å². The van der Waals surface area contributed by atoms with Crippen molar-refractivity contribution in [3.8, 4) is 0 Å². The van der Waals surface area contributed by atoms with Gasteiger partial charge in [0.2, 0.25) is 0 Å². The van der Waals surface area contributed by atoms with E-state index in [4.69, 9.17) is 4.74 Å². The largest absolute Gasteiger partial charge is 0.462 e. The molecule has 0 amide bonds. The van der Waals surface area contributed by atoms with Gasteiger partial charge in [0.05, 0.1) is 5.92 Å². The average molecular weight is 357 g/mol. The van der Waals surface area contributed by atoms with Crippen LogP contribution in [0, 0.1) is 34.5 Å². The van der Waals surface area contributed by atoms with Gasteiger partial charge in [0, 0.05) is 10.8 Å². The number of carbonyl (C=O) groups excluding carboxylic acids is 2. The van der Waals surface area contributed by atoms with Crippen molar-refractivity contribution in [3.05, 3.63) is 23.8 Å². The molecule has 3 nitrogen and oxygen atoms in total.